The number of hydrogen-bond donors (Lipinski definition) is 0. The van der Waals surface area contributed by atoms with Gasteiger partial charge in [-0.15, -0.1) is 0 Å². The lowest BCUT2D eigenvalue weighted by molar-refractivity contribution is -0.147. The zero-order valence-corrected chi connectivity index (χ0v) is 21.6. The molecule has 1 saturated heterocycles. The summed E-state index contributed by atoms with van der Waals surface area (Å²) < 4.78 is 97.2. The van der Waals surface area contributed by atoms with Gasteiger partial charge in [0.1, 0.15) is 23.5 Å². The molecule has 40 heavy (non-hydrogen) atoms. The second-order valence-corrected chi connectivity index (χ2v) is 10.6. The van der Waals surface area contributed by atoms with Crippen LogP contribution in [0.15, 0.2) is 72.8 Å². The van der Waals surface area contributed by atoms with Crippen LogP contribution in [-0.4, -0.2) is 25.8 Å². The number of β-lactam (4-membered cyclic amide) rings is 1. The molecule has 0 aromatic heterocycles. The van der Waals surface area contributed by atoms with Crippen LogP contribution in [0.4, 0.5) is 27.6 Å². The number of carbonyl (C=O) groups is 2. The third-order valence-corrected chi connectivity index (χ3v) is 7.30. The summed E-state index contributed by atoms with van der Waals surface area (Å²) in [6, 6.07) is 14.5. The molecule has 0 N–H and O–H groups in total. The number of amides is 1. The Morgan fingerprint density at radius 2 is 1.48 bits per heavy atom. The van der Waals surface area contributed by atoms with Gasteiger partial charge in [-0.2, -0.15) is 21.6 Å². The van der Waals surface area contributed by atoms with Crippen molar-refractivity contribution in [3.05, 3.63) is 95.6 Å². The van der Waals surface area contributed by atoms with Gasteiger partial charge in [-0.1, -0.05) is 24.3 Å². The van der Waals surface area contributed by atoms with Crippen LogP contribution in [0.3, 0.4) is 0 Å². The summed E-state index contributed by atoms with van der Waals surface area (Å²) in [4.78, 5) is 26.3. The third-order valence-electron chi connectivity index (χ3n) is 6.32. The van der Waals surface area contributed by atoms with E-state index in [4.69, 9.17) is 4.74 Å². The highest BCUT2D eigenvalue weighted by Gasteiger charge is 2.50. The van der Waals surface area contributed by atoms with E-state index >= 15 is 0 Å². The normalized spacial score (nSPS) is 18.1. The molecular weight excluding hydrogens is 561 g/mol. The molecule has 7 nitrogen and oxygen atoms in total. The molecule has 3 aromatic carbocycles. The maximum absolute atomic E-state index is 13.5. The zero-order valence-electron chi connectivity index (χ0n) is 20.8. The largest absolute Gasteiger partial charge is 0.534 e. The van der Waals surface area contributed by atoms with E-state index in [0.29, 0.717) is 16.8 Å². The Morgan fingerprint density at radius 3 is 2.00 bits per heavy atom. The standard InChI is InChI=1S/C27H22F5NO6S/c1-16(34)38-24(17-2-6-19(28)7-3-17)15-14-23-25(33(26(23)35)21-10-8-20(29)9-11-21)18-4-12-22(13-5-18)39-40(36,37)27(30,31)32/h2-13,23-25H,14-15H2,1H3/t23-,24?,25-/m1/s1. The molecule has 0 radical (unpaired) electrons. The summed E-state index contributed by atoms with van der Waals surface area (Å²) in [6.45, 7) is 1.21. The summed E-state index contributed by atoms with van der Waals surface area (Å²) in [5, 5.41) is 0. The van der Waals surface area contributed by atoms with Gasteiger partial charge in [-0.05, 0) is 72.5 Å². The fraction of sp³-hybridized carbons (Fsp3) is 0.259. The Hall–Kier alpha value is -4.00. The van der Waals surface area contributed by atoms with E-state index in [0.717, 1.165) is 24.3 Å². The highest BCUT2D eigenvalue weighted by molar-refractivity contribution is 7.88. The number of anilines is 1. The van der Waals surface area contributed by atoms with Gasteiger partial charge in [-0.3, -0.25) is 9.59 Å². The lowest BCUT2D eigenvalue weighted by atomic mass is 9.78. The Balaban J connectivity index is 1.60. The number of alkyl halides is 3. The van der Waals surface area contributed by atoms with Crippen LogP contribution in [0.5, 0.6) is 5.75 Å². The van der Waals surface area contributed by atoms with Crippen molar-refractivity contribution in [2.24, 2.45) is 5.92 Å². The SMILES string of the molecule is CC(=O)OC(CC[C@H]1C(=O)N(c2ccc(F)cc2)[C@@H]1c1ccc(OS(=O)(=O)C(F)(F)F)cc1)c1ccc(F)cc1. The van der Waals surface area contributed by atoms with E-state index in [9.17, 15) is 40.0 Å². The lowest BCUT2D eigenvalue weighted by Crippen LogP contribution is -2.55. The van der Waals surface area contributed by atoms with Crippen molar-refractivity contribution in [1.29, 1.82) is 0 Å². The molecule has 3 aromatic rings. The second-order valence-electron chi connectivity index (χ2n) is 9.02. The number of ether oxygens (including phenoxy) is 1. The fourth-order valence-electron chi connectivity index (χ4n) is 4.50. The zero-order chi connectivity index (χ0) is 29.2. The smallest absolute Gasteiger partial charge is 0.458 e. The van der Waals surface area contributed by atoms with Crippen LogP contribution in [0.1, 0.15) is 43.0 Å². The van der Waals surface area contributed by atoms with Crippen LogP contribution in [0, 0.1) is 17.6 Å². The average molecular weight is 584 g/mol. The van der Waals surface area contributed by atoms with Crippen molar-refractivity contribution in [2.45, 2.75) is 37.4 Å². The summed E-state index contributed by atoms with van der Waals surface area (Å²) in [7, 11) is -5.88. The number of hydrogen-bond acceptors (Lipinski definition) is 6. The Morgan fingerprint density at radius 1 is 0.925 bits per heavy atom. The first-order chi connectivity index (χ1) is 18.8. The van der Waals surface area contributed by atoms with Gasteiger partial charge in [0.05, 0.1) is 12.0 Å². The molecule has 13 heteroatoms. The van der Waals surface area contributed by atoms with Crippen LogP contribution in [0.25, 0.3) is 0 Å². The van der Waals surface area contributed by atoms with E-state index in [1.807, 2.05) is 0 Å². The van der Waals surface area contributed by atoms with Crippen molar-refractivity contribution < 1.29 is 48.9 Å². The van der Waals surface area contributed by atoms with E-state index in [1.165, 1.54) is 60.4 Å². The number of carbonyl (C=O) groups excluding carboxylic acids is 2. The third kappa shape index (κ3) is 6.24. The molecule has 0 saturated carbocycles. The summed E-state index contributed by atoms with van der Waals surface area (Å²) in [5.74, 6) is -3.19. The monoisotopic (exact) mass is 583 g/mol. The molecule has 0 aliphatic carbocycles. The van der Waals surface area contributed by atoms with Crippen molar-refractivity contribution in [2.75, 3.05) is 4.90 Å². The molecular formula is C27H22F5NO6S. The first kappa shape index (κ1) is 29.0. The van der Waals surface area contributed by atoms with Crippen LogP contribution < -0.4 is 9.08 Å². The van der Waals surface area contributed by atoms with Crippen LogP contribution >= 0.6 is 0 Å². The molecule has 1 aliphatic rings. The van der Waals surface area contributed by atoms with E-state index < -0.39 is 57.0 Å². The van der Waals surface area contributed by atoms with E-state index in [-0.39, 0.29) is 18.7 Å². The predicted molar refractivity (Wildman–Crippen MR) is 132 cm³/mol. The molecule has 1 heterocycles. The molecule has 1 aliphatic heterocycles. The average Bonchev–Trinajstić information content (AvgIpc) is 2.88. The number of nitrogens with zero attached hydrogens (tertiary/aromatic N) is 1. The quantitative estimate of drug-likeness (QED) is 0.101. The van der Waals surface area contributed by atoms with Crippen molar-refractivity contribution in [1.82, 2.24) is 0 Å². The first-order valence-electron chi connectivity index (χ1n) is 11.9. The molecule has 0 spiro atoms. The minimum absolute atomic E-state index is 0.181. The minimum atomic E-state index is -5.88. The van der Waals surface area contributed by atoms with Gasteiger partial charge in [0, 0.05) is 12.6 Å². The van der Waals surface area contributed by atoms with Gasteiger partial charge < -0.3 is 13.8 Å². The minimum Gasteiger partial charge on any atom is -0.458 e. The Kier molecular flexibility index (Phi) is 8.15. The van der Waals surface area contributed by atoms with Gasteiger partial charge in [0.2, 0.25) is 5.91 Å². The number of benzene rings is 3. The molecule has 3 atom stereocenters. The first-order valence-corrected chi connectivity index (χ1v) is 13.3. The maximum Gasteiger partial charge on any atom is 0.534 e. The Labute approximate surface area is 226 Å². The summed E-state index contributed by atoms with van der Waals surface area (Å²) in [6.07, 6.45) is -0.410. The number of esters is 1. The molecule has 1 amide bonds. The van der Waals surface area contributed by atoms with Gasteiger partial charge in [0.25, 0.3) is 0 Å². The van der Waals surface area contributed by atoms with Gasteiger partial charge in [-0.25, -0.2) is 8.78 Å². The van der Waals surface area contributed by atoms with Crippen molar-refractivity contribution in [3.63, 3.8) is 0 Å². The van der Waals surface area contributed by atoms with Gasteiger partial charge in [0.15, 0.2) is 0 Å². The molecule has 1 unspecified atom stereocenters. The summed E-state index contributed by atoms with van der Waals surface area (Å²) in [5.41, 5.74) is -4.29. The molecule has 4 rings (SSSR count). The molecule has 212 valence electrons. The van der Waals surface area contributed by atoms with E-state index in [1.54, 1.807) is 0 Å². The lowest BCUT2D eigenvalue weighted by Gasteiger charge is -2.48. The van der Waals surface area contributed by atoms with Crippen LogP contribution in [-0.2, 0) is 24.4 Å². The number of halogens is 5. The van der Waals surface area contributed by atoms with Crippen LogP contribution in [0.2, 0.25) is 0 Å². The molecule has 1 fully saturated rings. The maximum atomic E-state index is 13.5. The second kappa shape index (κ2) is 11.2. The summed E-state index contributed by atoms with van der Waals surface area (Å²) >= 11 is 0. The van der Waals surface area contributed by atoms with E-state index in [2.05, 4.69) is 4.18 Å². The number of rotatable bonds is 9. The highest BCUT2D eigenvalue weighted by Crippen LogP contribution is 2.47. The van der Waals surface area contributed by atoms with Gasteiger partial charge >= 0.3 is 21.6 Å². The van der Waals surface area contributed by atoms with Crippen molar-refractivity contribution >= 4 is 27.7 Å². The molecule has 0 bridgehead atoms. The Bertz CT molecular complexity index is 1480. The highest BCUT2D eigenvalue weighted by atomic mass is 32.2. The van der Waals surface area contributed by atoms with Crippen molar-refractivity contribution in [3.8, 4) is 5.75 Å². The topological polar surface area (TPSA) is 90.0 Å². The predicted octanol–water partition coefficient (Wildman–Crippen LogP) is 5.98. The fourth-order valence-corrected chi connectivity index (χ4v) is 4.96.